The summed E-state index contributed by atoms with van der Waals surface area (Å²) in [6.07, 6.45) is 2.11. The number of hydrogen-bond acceptors (Lipinski definition) is 4. The minimum absolute atomic E-state index is 0.102. The van der Waals surface area contributed by atoms with Crippen molar-refractivity contribution < 1.29 is 19.6 Å². The molecule has 0 saturated carbocycles. The number of hydrogen-bond donors (Lipinski definition) is 3. The number of carbonyl (C=O) groups excluding carboxylic acids is 3. The largest absolute Gasteiger partial charge is 0.347 e. The molecule has 0 aliphatic carbocycles. The highest BCUT2D eigenvalue weighted by Crippen LogP contribution is 2.22. The molecule has 0 fully saturated rings. The number of hydroxylamine groups is 1. The first-order chi connectivity index (χ1) is 10.5. The van der Waals surface area contributed by atoms with Crippen LogP contribution >= 0.6 is 0 Å². The van der Waals surface area contributed by atoms with Crippen LogP contribution in [0.2, 0.25) is 0 Å². The summed E-state index contributed by atoms with van der Waals surface area (Å²) in [4.78, 5) is 37.7. The summed E-state index contributed by atoms with van der Waals surface area (Å²) in [6.45, 7) is 7.62. The minimum Gasteiger partial charge on any atom is -0.347 e. The Kier molecular flexibility index (Phi) is 8.82. The molecule has 0 aromatic rings. The van der Waals surface area contributed by atoms with Crippen LogP contribution in [0.4, 0.5) is 0 Å². The van der Waals surface area contributed by atoms with Crippen molar-refractivity contribution in [3.8, 4) is 0 Å². The van der Waals surface area contributed by atoms with Gasteiger partial charge in [0.1, 0.15) is 6.04 Å². The van der Waals surface area contributed by atoms with Crippen LogP contribution in [-0.4, -0.2) is 48.0 Å². The number of nitrogens with zero attached hydrogens (tertiary/aromatic N) is 1. The second-order valence-corrected chi connectivity index (χ2v) is 7.12. The molecule has 0 bridgehead atoms. The standard InChI is InChI=1S/C16H31N3O4/c1-7-8-9-11(10-12(20)18-23)14(21)17-13(16(2,3)4)15(22)19(5)6/h11,13,23H,7-10H2,1-6H3,(H,17,21)(H,18,20)/t11-,13+/m0/s1. The number of rotatable bonds is 8. The van der Waals surface area contributed by atoms with Crippen LogP contribution < -0.4 is 10.8 Å². The van der Waals surface area contributed by atoms with E-state index in [-0.39, 0.29) is 18.2 Å². The van der Waals surface area contributed by atoms with Crippen LogP contribution in [0.3, 0.4) is 0 Å². The van der Waals surface area contributed by atoms with Crippen molar-refractivity contribution in [3.63, 3.8) is 0 Å². The van der Waals surface area contributed by atoms with Gasteiger partial charge in [-0.25, -0.2) is 5.48 Å². The smallest absolute Gasteiger partial charge is 0.245 e. The fourth-order valence-electron chi connectivity index (χ4n) is 2.21. The molecule has 2 atom stereocenters. The second-order valence-electron chi connectivity index (χ2n) is 7.12. The Labute approximate surface area is 138 Å². The summed E-state index contributed by atoms with van der Waals surface area (Å²) in [6, 6.07) is -0.675. The molecule has 0 spiro atoms. The predicted octanol–water partition coefficient (Wildman–Crippen LogP) is 1.31. The highest BCUT2D eigenvalue weighted by Gasteiger charge is 2.35. The quantitative estimate of drug-likeness (QED) is 0.462. The summed E-state index contributed by atoms with van der Waals surface area (Å²) >= 11 is 0. The molecule has 0 aliphatic heterocycles. The van der Waals surface area contributed by atoms with Gasteiger partial charge in [0.2, 0.25) is 17.7 Å². The molecule has 7 nitrogen and oxygen atoms in total. The van der Waals surface area contributed by atoms with E-state index in [1.807, 2.05) is 27.7 Å². The molecule has 0 aliphatic rings. The van der Waals surface area contributed by atoms with Crippen molar-refractivity contribution in [1.29, 1.82) is 0 Å². The number of unbranched alkanes of at least 4 members (excludes halogenated alkanes) is 1. The average molecular weight is 329 g/mol. The summed E-state index contributed by atoms with van der Waals surface area (Å²) in [5, 5.41) is 11.5. The van der Waals surface area contributed by atoms with Gasteiger partial charge in [-0.1, -0.05) is 40.5 Å². The predicted molar refractivity (Wildman–Crippen MR) is 87.6 cm³/mol. The van der Waals surface area contributed by atoms with Gasteiger partial charge in [-0.2, -0.15) is 0 Å². The van der Waals surface area contributed by atoms with Gasteiger partial charge in [0.25, 0.3) is 0 Å². The highest BCUT2D eigenvalue weighted by molar-refractivity contribution is 5.90. The SMILES string of the molecule is CCCC[C@@H](CC(=O)NO)C(=O)N[C@H](C(=O)N(C)C)C(C)(C)C. The van der Waals surface area contributed by atoms with Crippen LogP contribution in [0, 0.1) is 11.3 Å². The van der Waals surface area contributed by atoms with E-state index in [1.165, 1.54) is 4.90 Å². The highest BCUT2D eigenvalue weighted by atomic mass is 16.5. The lowest BCUT2D eigenvalue weighted by molar-refractivity contribution is -0.140. The molecule has 0 heterocycles. The van der Waals surface area contributed by atoms with E-state index in [4.69, 9.17) is 5.21 Å². The van der Waals surface area contributed by atoms with E-state index < -0.39 is 23.3 Å². The fraction of sp³-hybridized carbons (Fsp3) is 0.812. The normalized spacial score (nSPS) is 13.9. The van der Waals surface area contributed by atoms with Gasteiger partial charge in [-0.3, -0.25) is 19.6 Å². The third kappa shape index (κ3) is 7.45. The molecule has 0 aromatic heterocycles. The Hall–Kier alpha value is -1.63. The Morgan fingerprint density at radius 1 is 1.17 bits per heavy atom. The summed E-state index contributed by atoms with van der Waals surface area (Å²) in [7, 11) is 3.28. The van der Waals surface area contributed by atoms with Gasteiger partial charge in [0.15, 0.2) is 0 Å². The van der Waals surface area contributed by atoms with Crippen LogP contribution in [0.1, 0.15) is 53.4 Å². The van der Waals surface area contributed by atoms with Gasteiger partial charge in [0, 0.05) is 26.4 Å². The molecule has 0 saturated heterocycles. The lowest BCUT2D eigenvalue weighted by Gasteiger charge is -2.33. The lowest BCUT2D eigenvalue weighted by Crippen LogP contribution is -2.54. The van der Waals surface area contributed by atoms with E-state index in [1.54, 1.807) is 19.6 Å². The Morgan fingerprint density at radius 2 is 1.74 bits per heavy atom. The molecule has 23 heavy (non-hydrogen) atoms. The third-order valence-electron chi connectivity index (χ3n) is 3.67. The lowest BCUT2D eigenvalue weighted by atomic mass is 9.85. The second kappa shape index (κ2) is 9.50. The van der Waals surface area contributed by atoms with E-state index in [9.17, 15) is 14.4 Å². The van der Waals surface area contributed by atoms with Crippen molar-refractivity contribution >= 4 is 17.7 Å². The maximum atomic E-state index is 12.5. The van der Waals surface area contributed by atoms with E-state index in [2.05, 4.69) is 5.32 Å². The Morgan fingerprint density at radius 3 is 2.13 bits per heavy atom. The molecule has 7 heteroatoms. The zero-order valence-electron chi connectivity index (χ0n) is 15.1. The molecule has 0 unspecified atom stereocenters. The van der Waals surface area contributed by atoms with Crippen LogP contribution in [0.15, 0.2) is 0 Å². The van der Waals surface area contributed by atoms with Gasteiger partial charge in [-0.15, -0.1) is 0 Å². The van der Waals surface area contributed by atoms with Gasteiger partial charge < -0.3 is 10.2 Å². The number of likely N-dealkylation sites (N-methyl/N-ethyl adjacent to an activating group) is 1. The van der Waals surface area contributed by atoms with Crippen molar-refractivity contribution in [3.05, 3.63) is 0 Å². The Bertz CT molecular complexity index is 416. The Balaban J connectivity index is 5.15. The first-order valence-electron chi connectivity index (χ1n) is 7.99. The topological polar surface area (TPSA) is 98.7 Å². The van der Waals surface area contributed by atoms with Gasteiger partial charge >= 0.3 is 0 Å². The molecular formula is C16H31N3O4. The van der Waals surface area contributed by atoms with E-state index in [0.717, 1.165) is 12.8 Å². The average Bonchev–Trinajstić information content (AvgIpc) is 2.46. The molecule has 0 radical (unpaired) electrons. The van der Waals surface area contributed by atoms with Crippen LogP contribution in [0.25, 0.3) is 0 Å². The van der Waals surface area contributed by atoms with Crippen molar-refractivity contribution in [2.24, 2.45) is 11.3 Å². The molecule has 3 amide bonds. The van der Waals surface area contributed by atoms with Crippen molar-refractivity contribution in [2.45, 2.75) is 59.4 Å². The zero-order valence-corrected chi connectivity index (χ0v) is 15.1. The molecular weight excluding hydrogens is 298 g/mol. The van der Waals surface area contributed by atoms with E-state index >= 15 is 0 Å². The molecule has 0 rings (SSSR count). The van der Waals surface area contributed by atoms with Crippen molar-refractivity contribution in [2.75, 3.05) is 14.1 Å². The number of carbonyl (C=O) groups is 3. The molecule has 0 aromatic carbocycles. The number of nitrogens with one attached hydrogen (secondary N) is 2. The van der Waals surface area contributed by atoms with Gasteiger partial charge in [0.05, 0.1) is 0 Å². The minimum atomic E-state index is -0.675. The summed E-state index contributed by atoms with van der Waals surface area (Å²) in [5.74, 6) is -1.70. The molecule has 3 N–H and O–H groups in total. The maximum absolute atomic E-state index is 12.5. The third-order valence-corrected chi connectivity index (χ3v) is 3.67. The zero-order chi connectivity index (χ0) is 18.2. The van der Waals surface area contributed by atoms with Gasteiger partial charge in [-0.05, 0) is 11.8 Å². The van der Waals surface area contributed by atoms with Crippen LogP contribution in [-0.2, 0) is 14.4 Å². The van der Waals surface area contributed by atoms with Crippen LogP contribution in [0.5, 0.6) is 0 Å². The number of amides is 3. The van der Waals surface area contributed by atoms with Crippen molar-refractivity contribution in [1.82, 2.24) is 15.7 Å². The first kappa shape index (κ1) is 21.4. The van der Waals surface area contributed by atoms with E-state index in [0.29, 0.717) is 6.42 Å². The summed E-state index contributed by atoms with van der Waals surface area (Å²) < 4.78 is 0. The monoisotopic (exact) mass is 329 g/mol. The molecule has 134 valence electrons. The fourth-order valence-corrected chi connectivity index (χ4v) is 2.21. The maximum Gasteiger partial charge on any atom is 0.245 e. The first-order valence-corrected chi connectivity index (χ1v) is 7.99. The summed E-state index contributed by atoms with van der Waals surface area (Å²) in [5.41, 5.74) is 1.10.